The molecule has 0 unspecified atom stereocenters. The van der Waals surface area contributed by atoms with Gasteiger partial charge < -0.3 is 9.84 Å². The molecule has 2 aromatic carbocycles. The van der Waals surface area contributed by atoms with Gasteiger partial charge in [-0.3, -0.25) is 0 Å². The van der Waals surface area contributed by atoms with Crippen molar-refractivity contribution in [2.75, 3.05) is 6.61 Å². The van der Waals surface area contributed by atoms with Crippen LogP contribution in [-0.4, -0.2) is 17.7 Å². The van der Waals surface area contributed by atoms with Crippen molar-refractivity contribution < 1.29 is 14.6 Å². The van der Waals surface area contributed by atoms with Crippen molar-refractivity contribution in [2.24, 2.45) is 0 Å². The lowest BCUT2D eigenvalue weighted by molar-refractivity contribution is -0.137. The third-order valence-electron chi connectivity index (χ3n) is 5.32. The Labute approximate surface area is 181 Å². The van der Waals surface area contributed by atoms with Crippen LogP contribution < -0.4 is 0 Å². The first-order valence-corrected chi connectivity index (χ1v) is 10.7. The maximum absolute atomic E-state index is 12.0. The van der Waals surface area contributed by atoms with Gasteiger partial charge in [0.1, 0.15) is 5.75 Å². The van der Waals surface area contributed by atoms with Crippen LogP contribution in [0.1, 0.15) is 83.1 Å². The molecule has 1 N–H and O–H groups in total. The van der Waals surface area contributed by atoms with Gasteiger partial charge in [0, 0.05) is 6.08 Å². The average molecular weight is 409 g/mol. The van der Waals surface area contributed by atoms with Crippen LogP contribution in [0.25, 0.3) is 6.08 Å². The molecule has 0 aliphatic heterocycles. The van der Waals surface area contributed by atoms with E-state index in [1.165, 1.54) is 11.6 Å². The van der Waals surface area contributed by atoms with Crippen LogP contribution in [0, 0.1) is 0 Å². The summed E-state index contributed by atoms with van der Waals surface area (Å²) in [6, 6.07) is 13.9. The molecule has 0 saturated carbocycles. The lowest BCUT2D eigenvalue weighted by atomic mass is 9.77. The van der Waals surface area contributed by atoms with Gasteiger partial charge in [0.25, 0.3) is 0 Å². The Morgan fingerprint density at radius 2 is 1.53 bits per heavy atom. The Bertz CT molecular complexity index is 846. The number of ether oxygens (including phenoxy) is 1. The number of hydrogen-bond donors (Lipinski definition) is 1. The van der Waals surface area contributed by atoms with E-state index >= 15 is 0 Å². The van der Waals surface area contributed by atoms with Gasteiger partial charge in [0.2, 0.25) is 0 Å². The second-order valence-electron chi connectivity index (χ2n) is 10.1. The van der Waals surface area contributed by atoms with Crippen molar-refractivity contribution in [1.29, 1.82) is 0 Å². The van der Waals surface area contributed by atoms with E-state index < -0.39 is 0 Å². The maximum Gasteiger partial charge on any atom is 0.330 e. The van der Waals surface area contributed by atoms with Gasteiger partial charge in [-0.2, -0.15) is 0 Å². The van der Waals surface area contributed by atoms with Crippen molar-refractivity contribution in [3.63, 3.8) is 0 Å². The van der Waals surface area contributed by atoms with E-state index in [1.807, 2.05) is 30.3 Å². The third-order valence-corrected chi connectivity index (χ3v) is 5.32. The van der Waals surface area contributed by atoms with Crippen LogP contribution >= 0.6 is 0 Å². The maximum atomic E-state index is 12.0. The van der Waals surface area contributed by atoms with Gasteiger partial charge >= 0.3 is 5.97 Å². The number of carbonyl (C=O) groups is 1. The largest absolute Gasteiger partial charge is 0.507 e. The fourth-order valence-electron chi connectivity index (χ4n) is 3.36. The number of benzene rings is 2. The second kappa shape index (κ2) is 9.51. The quantitative estimate of drug-likeness (QED) is 0.425. The first-order chi connectivity index (χ1) is 13.9. The van der Waals surface area contributed by atoms with Gasteiger partial charge in [-0.05, 0) is 51.5 Å². The molecule has 2 aromatic rings. The summed E-state index contributed by atoms with van der Waals surface area (Å²) in [5, 5.41) is 10.9. The lowest BCUT2D eigenvalue weighted by Crippen LogP contribution is -2.18. The van der Waals surface area contributed by atoms with E-state index in [-0.39, 0.29) is 22.7 Å². The van der Waals surface area contributed by atoms with Crippen molar-refractivity contribution in [3.05, 3.63) is 70.8 Å². The topological polar surface area (TPSA) is 46.5 Å². The van der Waals surface area contributed by atoms with E-state index in [1.54, 1.807) is 6.08 Å². The zero-order chi connectivity index (χ0) is 22.5. The predicted octanol–water partition coefficient (Wildman–Crippen LogP) is 6.74. The molecule has 0 amide bonds. The number of rotatable bonds is 6. The molecule has 0 heterocycles. The number of esters is 1. The molecule has 0 aliphatic rings. The molecule has 3 heteroatoms. The molecule has 1 atom stereocenters. The predicted molar refractivity (Wildman–Crippen MR) is 125 cm³/mol. The minimum absolute atomic E-state index is 0.158. The number of aromatic hydroxyl groups is 1. The number of phenolic OH excluding ortho intramolecular Hbond substituents is 1. The van der Waals surface area contributed by atoms with E-state index in [0.717, 1.165) is 23.1 Å². The van der Waals surface area contributed by atoms with Crippen LogP contribution in [-0.2, 0) is 20.4 Å². The van der Waals surface area contributed by atoms with Crippen LogP contribution in [0.2, 0.25) is 0 Å². The van der Waals surface area contributed by atoms with Crippen LogP contribution in [0.3, 0.4) is 0 Å². The molecular formula is C27H36O3. The second-order valence-corrected chi connectivity index (χ2v) is 10.1. The molecular weight excluding hydrogens is 372 g/mol. The Morgan fingerprint density at radius 3 is 2.03 bits per heavy atom. The number of carbonyl (C=O) groups excluding carboxylic acids is 1. The van der Waals surface area contributed by atoms with E-state index in [0.29, 0.717) is 12.4 Å². The summed E-state index contributed by atoms with van der Waals surface area (Å²) >= 11 is 0. The average Bonchev–Trinajstić information content (AvgIpc) is 2.65. The summed E-state index contributed by atoms with van der Waals surface area (Å²) in [5.41, 5.74) is 3.73. The van der Waals surface area contributed by atoms with Crippen molar-refractivity contribution in [1.82, 2.24) is 0 Å². The van der Waals surface area contributed by atoms with Crippen molar-refractivity contribution >= 4 is 12.0 Å². The summed E-state index contributed by atoms with van der Waals surface area (Å²) in [7, 11) is 0. The van der Waals surface area contributed by atoms with Crippen molar-refractivity contribution in [2.45, 2.75) is 71.6 Å². The standard InChI is InChI=1S/C27H36O3/c1-19(15-16-30-24(28)14-13-20-11-9-8-10-12-20)21-17-22(26(2,3)4)25(29)23(18-21)27(5,6)7/h8-14,17-19,29H,15-16H2,1-7H3/b14-13+/t19-/m1/s1. The molecule has 0 aromatic heterocycles. The monoisotopic (exact) mass is 408 g/mol. The van der Waals surface area contributed by atoms with E-state index in [4.69, 9.17) is 4.74 Å². The minimum Gasteiger partial charge on any atom is -0.507 e. The van der Waals surface area contributed by atoms with Gasteiger partial charge in [0.05, 0.1) is 6.61 Å². The molecule has 0 saturated heterocycles. The fourth-order valence-corrected chi connectivity index (χ4v) is 3.36. The smallest absolute Gasteiger partial charge is 0.330 e. The minimum atomic E-state index is -0.331. The Balaban J connectivity index is 2.08. The highest BCUT2D eigenvalue weighted by molar-refractivity contribution is 5.87. The SMILES string of the molecule is C[C@H](CCOC(=O)/C=C/c1ccccc1)c1cc(C(C)(C)C)c(O)c(C(C)(C)C)c1. The summed E-state index contributed by atoms with van der Waals surface area (Å²) in [4.78, 5) is 12.0. The Kier molecular flexibility index (Phi) is 7.52. The molecule has 2 rings (SSSR count). The van der Waals surface area contributed by atoms with E-state index in [9.17, 15) is 9.90 Å². The summed E-state index contributed by atoms with van der Waals surface area (Å²) < 4.78 is 5.40. The first kappa shape index (κ1) is 23.7. The first-order valence-electron chi connectivity index (χ1n) is 10.7. The molecule has 0 aliphatic carbocycles. The molecule has 0 spiro atoms. The lowest BCUT2D eigenvalue weighted by Gasteiger charge is -2.29. The molecule has 3 nitrogen and oxygen atoms in total. The van der Waals surface area contributed by atoms with Crippen LogP contribution in [0.5, 0.6) is 5.75 Å². The summed E-state index contributed by atoms with van der Waals surface area (Å²) in [6.45, 7) is 15.2. The zero-order valence-electron chi connectivity index (χ0n) is 19.5. The van der Waals surface area contributed by atoms with Gasteiger partial charge in [-0.25, -0.2) is 4.79 Å². The molecule has 162 valence electrons. The number of hydrogen-bond acceptors (Lipinski definition) is 3. The molecule has 0 bridgehead atoms. The highest BCUT2D eigenvalue weighted by Crippen LogP contribution is 2.41. The zero-order valence-corrected chi connectivity index (χ0v) is 19.5. The molecule has 0 radical (unpaired) electrons. The van der Waals surface area contributed by atoms with Crippen LogP contribution in [0.15, 0.2) is 48.5 Å². The van der Waals surface area contributed by atoms with Crippen LogP contribution in [0.4, 0.5) is 0 Å². The van der Waals surface area contributed by atoms with Gasteiger partial charge in [0.15, 0.2) is 0 Å². The Hall–Kier alpha value is -2.55. The molecule has 0 fully saturated rings. The summed E-state index contributed by atoms with van der Waals surface area (Å²) in [6.07, 6.45) is 3.95. The Morgan fingerprint density at radius 1 is 1.00 bits per heavy atom. The highest BCUT2D eigenvalue weighted by atomic mass is 16.5. The molecule has 30 heavy (non-hydrogen) atoms. The third kappa shape index (κ3) is 6.48. The highest BCUT2D eigenvalue weighted by Gasteiger charge is 2.27. The fraction of sp³-hybridized carbons (Fsp3) is 0.444. The van der Waals surface area contributed by atoms with Crippen molar-refractivity contribution in [3.8, 4) is 5.75 Å². The normalized spacial score (nSPS) is 13.4. The van der Waals surface area contributed by atoms with Gasteiger partial charge in [-0.1, -0.05) is 90.9 Å². The number of phenols is 1. The van der Waals surface area contributed by atoms with E-state index in [2.05, 4.69) is 60.6 Å². The van der Waals surface area contributed by atoms with Gasteiger partial charge in [-0.15, -0.1) is 0 Å². The summed E-state index contributed by atoms with van der Waals surface area (Å²) in [5.74, 6) is 0.268.